The summed E-state index contributed by atoms with van der Waals surface area (Å²) in [6.07, 6.45) is 1.54. The van der Waals surface area contributed by atoms with E-state index in [-0.39, 0.29) is 17.8 Å². The van der Waals surface area contributed by atoms with Crippen molar-refractivity contribution in [3.8, 4) is 0 Å². The van der Waals surface area contributed by atoms with Crippen LogP contribution in [0.4, 0.5) is 20.6 Å². The molecule has 0 aliphatic rings. The molecule has 0 spiro atoms. The standard InChI is InChI=1S/C16H18FN3O3/c1-10(15-5-4-8-23-15)20(3)16(22)19-12-6-7-13(17)14(9-12)18-11(2)21/h4-10H,1-3H3,(H,18,21)(H,19,22). The molecule has 2 N–H and O–H groups in total. The summed E-state index contributed by atoms with van der Waals surface area (Å²) in [5.74, 6) is -0.313. The molecule has 0 saturated carbocycles. The summed E-state index contributed by atoms with van der Waals surface area (Å²) in [6, 6.07) is 6.84. The van der Waals surface area contributed by atoms with Gasteiger partial charge in [0.1, 0.15) is 11.6 Å². The number of halogens is 1. The highest BCUT2D eigenvalue weighted by Gasteiger charge is 2.19. The Bertz CT molecular complexity index is 701. The van der Waals surface area contributed by atoms with Gasteiger partial charge in [0.25, 0.3) is 0 Å². The average molecular weight is 319 g/mol. The van der Waals surface area contributed by atoms with Gasteiger partial charge in [-0.2, -0.15) is 0 Å². The highest BCUT2D eigenvalue weighted by Crippen LogP contribution is 2.22. The molecule has 7 heteroatoms. The SMILES string of the molecule is CC(=O)Nc1cc(NC(=O)N(C)C(C)c2ccco2)ccc1F. The molecule has 1 aromatic heterocycles. The number of nitrogens with one attached hydrogen (secondary N) is 2. The molecular weight excluding hydrogens is 301 g/mol. The first-order chi connectivity index (χ1) is 10.9. The highest BCUT2D eigenvalue weighted by molar-refractivity contribution is 5.92. The summed E-state index contributed by atoms with van der Waals surface area (Å²) in [5, 5.41) is 5.02. The Morgan fingerprint density at radius 3 is 2.61 bits per heavy atom. The van der Waals surface area contributed by atoms with Crippen molar-refractivity contribution < 1.29 is 18.4 Å². The Balaban J connectivity index is 2.09. The number of rotatable bonds is 4. The lowest BCUT2D eigenvalue weighted by Gasteiger charge is -2.23. The van der Waals surface area contributed by atoms with E-state index in [1.807, 2.05) is 6.92 Å². The van der Waals surface area contributed by atoms with Gasteiger partial charge in [0.15, 0.2) is 0 Å². The Kier molecular flexibility index (Phi) is 5.00. The van der Waals surface area contributed by atoms with Crippen LogP contribution in [0.5, 0.6) is 0 Å². The molecule has 0 aliphatic carbocycles. The molecule has 2 rings (SSSR count). The summed E-state index contributed by atoms with van der Waals surface area (Å²) in [7, 11) is 1.63. The van der Waals surface area contributed by atoms with E-state index in [9.17, 15) is 14.0 Å². The lowest BCUT2D eigenvalue weighted by Crippen LogP contribution is -2.33. The van der Waals surface area contributed by atoms with Crippen molar-refractivity contribution in [1.29, 1.82) is 0 Å². The molecule has 3 amide bonds. The Morgan fingerprint density at radius 1 is 1.26 bits per heavy atom. The third-order valence-electron chi connectivity index (χ3n) is 3.38. The number of amides is 3. The Morgan fingerprint density at radius 2 is 2.00 bits per heavy atom. The topological polar surface area (TPSA) is 74.6 Å². The van der Waals surface area contributed by atoms with Gasteiger partial charge >= 0.3 is 6.03 Å². The highest BCUT2D eigenvalue weighted by atomic mass is 19.1. The lowest BCUT2D eigenvalue weighted by atomic mass is 10.2. The molecule has 6 nitrogen and oxygen atoms in total. The van der Waals surface area contributed by atoms with Crippen molar-refractivity contribution >= 4 is 23.3 Å². The van der Waals surface area contributed by atoms with Gasteiger partial charge in [-0.3, -0.25) is 4.79 Å². The predicted molar refractivity (Wildman–Crippen MR) is 84.6 cm³/mol. The fourth-order valence-corrected chi connectivity index (χ4v) is 2.00. The number of hydrogen-bond acceptors (Lipinski definition) is 3. The monoisotopic (exact) mass is 319 g/mol. The van der Waals surface area contributed by atoms with Crippen LogP contribution in [0.15, 0.2) is 41.0 Å². The Hall–Kier alpha value is -2.83. The van der Waals surface area contributed by atoms with Crippen molar-refractivity contribution in [1.82, 2.24) is 4.90 Å². The summed E-state index contributed by atoms with van der Waals surface area (Å²) in [5.41, 5.74) is 0.385. The van der Waals surface area contributed by atoms with Gasteiger partial charge in [-0.15, -0.1) is 0 Å². The largest absolute Gasteiger partial charge is 0.467 e. The molecule has 1 atom stereocenters. The first-order valence-electron chi connectivity index (χ1n) is 7.03. The number of nitrogens with zero attached hydrogens (tertiary/aromatic N) is 1. The minimum Gasteiger partial charge on any atom is -0.467 e. The quantitative estimate of drug-likeness (QED) is 0.904. The van der Waals surface area contributed by atoms with E-state index in [0.717, 1.165) is 0 Å². The first-order valence-corrected chi connectivity index (χ1v) is 7.03. The maximum Gasteiger partial charge on any atom is 0.322 e. The number of hydrogen-bond donors (Lipinski definition) is 2. The summed E-state index contributed by atoms with van der Waals surface area (Å²) >= 11 is 0. The molecular formula is C16H18FN3O3. The fourth-order valence-electron chi connectivity index (χ4n) is 2.00. The van der Waals surface area contributed by atoms with Gasteiger partial charge in [-0.25, -0.2) is 9.18 Å². The molecule has 23 heavy (non-hydrogen) atoms. The summed E-state index contributed by atoms with van der Waals surface area (Å²) < 4.78 is 18.9. The number of benzene rings is 1. The van der Waals surface area contributed by atoms with Crippen molar-refractivity contribution in [2.45, 2.75) is 19.9 Å². The summed E-state index contributed by atoms with van der Waals surface area (Å²) in [4.78, 5) is 24.8. The van der Waals surface area contributed by atoms with E-state index < -0.39 is 11.7 Å². The maximum absolute atomic E-state index is 13.6. The van der Waals surface area contributed by atoms with Crippen LogP contribution < -0.4 is 10.6 Å². The van der Waals surface area contributed by atoms with Gasteiger partial charge in [-0.05, 0) is 37.3 Å². The number of urea groups is 1. The zero-order chi connectivity index (χ0) is 17.0. The minimum atomic E-state index is -0.574. The molecule has 0 saturated heterocycles. The van der Waals surface area contributed by atoms with Gasteiger partial charge in [-0.1, -0.05) is 0 Å². The number of carbonyl (C=O) groups is 2. The molecule has 0 radical (unpaired) electrons. The van der Waals surface area contributed by atoms with Crippen LogP contribution in [-0.4, -0.2) is 23.9 Å². The van der Waals surface area contributed by atoms with Crippen molar-refractivity contribution in [3.05, 3.63) is 48.2 Å². The molecule has 0 aliphatic heterocycles. The van der Waals surface area contributed by atoms with Crippen LogP contribution in [0.3, 0.4) is 0 Å². The molecule has 122 valence electrons. The van der Waals surface area contributed by atoms with Crippen molar-refractivity contribution in [3.63, 3.8) is 0 Å². The number of anilines is 2. The maximum atomic E-state index is 13.6. The average Bonchev–Trinajstić information content (AvgIpc) is 3.02. The van der Waals surface area contributed by atoms with Gasteiger partial charge in [0, 0.05) is 19.7 Å². The van der Waals surface area contributed by atoms with E-state index in [0.29, 0.717) is 11.4 Å². The third-order valence-corrected chi connectivity index (χ3v) is 3.38. The normalized spacial score (nSPS) is 11.7. The molecule has 1 aromatic carbocycles. The van der Waals surface area contributed by atoms with E-state index in [1.165, 1.54) is 36.3 Å². The zero-order valence-corrected chi connectivity index (χ0v) is 13.1. The van der Waals surface area contributed by atoms with Crippen LogP contribution in [-0.2, 0) is 4.79 Å². The smallest absolute Gasteiger partial charge is 0.322 e. The van der Waals surface area contributed by atoms with Crippen molar-refractivity contribution in [2.24, 2.45) is 0 Å². The van der Waals surface area contributed by atoms with Gasteiger partial charge in [0.2, 0.25) is 5.91 Å². The van der Waals surface area contributed by atoms with Crippen LogP contribution in [0.2, 0.25) is 0 Å². The number of carbonyl (C=O) groups excluding carboxylic acids is 2. The fraction of sp³-hybridized carbons (Fsp3) is 0.250. The van der Waals surface area contributed by atoms with E-state index in [2.05, 4.69) is 10.6 Å². The third kappa shape index (κ3) is 4.09. The van der Waals surface area contributed by atoms with E-state index in [4.69, 9.17) is 4.42 Å². The molecule has 2 aromatic rings. The van der Waals surface area contributed by atoms with E-state index in [1.54, 1.807) is 19.2 Å². The van der Waals surface area contributed by atoms with Crippen molar-refractivity contribution in [2.75, 3.05) is 17.7 Å². The zero-order valence-electron chi connectivity index (χ0n) is 13.1. The number of furan rings is 1. The second-order valence-corrected chi connectivity index (χ2v) is 5.11. The molecule has 0 bridgehead atoms. The van der Waals surface area contributed by atoms with E-state index >= 15 is 0 Å². The van der Waals surface area contributed by atoms with Crippen LogP contribution in [0, 0.1) is 5.82 Å². The Labute approximate surface area is 133 Å². The first kappa shape index (κ1) is 16.5. The van der Waals surface area contributed by atoms with Crippen LogP contribution in [0.25, 0.3) is 0 Å². The minimum absolute atomic E-state index is 0.0111. The predicted octanol–water partition coefficient (Wildman–Crippen LogP) is 3.60. The van der Waals surface area contributed by atoms with Crippen LogP contribution in [0.1, 0.15) is 25.6 Å². The second-order valence-electron chi connectivity index (χ2n) is 5.11. The summed E-state index contributed by atoms with van der Waals surface area (Å²) in [6.45, 7) is 3.11. The second kappa shape index (κ2) is 6.95. The molecule has 1 heterocycles. The van der Waals surface area contributed by atoms with Gasteiger partial charge in [0.05, 0.1) is 18.0 Å². The molecule has 1 unspecified atom stereocenters. The van der Waals surface area contributed by atoms with Gasteiger partial charge < -0.3 is 20.0 Å². The van der Waals surface area contributed by atoms with Crippen LogP contribution >= 0.6 is 0 Å². The lowest BCUT2D eigenvalue weighted by molar-refractivity contribution is -0.114. The molecule has 0 fully saturated rings.